The molecule has 0 spiro atoms. The van der Waals surface area contributed by atoms with Crippen molar-refractivity contribution in [1.82, 2.24) is 14.5 Å². The number of nitriles is 1. The molecule has 2 aromatic carbocycles. The maximum atomic E-state index is 12.3. The number of nitrogens with one attached hydrogen (secondary N) is 1. The number of aromatic nitrogens is 3. The summed E-state index contributed by atoms with van der Waals surface area (Å²) in [5, 5.41) is 13.3. The van der Waals surface area contributed by atoms with E-state index >= 15 is 0 Å². The van der Waals surface area contributed by atoms with Crippen LogP contribution in [0.25, 0.3) is 21.3 Å². The van der Waals surface area contributed by atoms with Gasteiger partial charge in [-0.15, -0.1) is 0 Å². The molecule has 1 N–H and O–H groups in total. The fraction of sp³-hybridized carbons (Fsp3) is 0.200. The van der Waals surface area contributed by atoms with Crippen LogP contribution >= 0.6 is 22.9 Å². The van der Waals surface area contributed by atoms with Gasteiger partial charge in [0.25, 0.3) is 0 Å². The van der Waals surface area contributed by atoms with Crippen molar-refractivity contribution in [2.45, 2.75) is 19.3 Å². The van der Waals surface area contributed by atoms with E-state index in [2.05, 4.69) is 21.4 Å². The number of unbranched alkanes of at least 4 members (excludes halogenated alkanes) is 1. The number of imidazole rings is 1. The lowest BCUT2D eigenvalue weighted by Gasteiger charge is -2.02. The number of carbonyl (C=O) groups is 1. The molecule has 8 heteroatoms. The molecule has 6 nitrogen and oxygen atoms in total. The first-order chi connectivity index (χ1) is 13.5. The van der Waals surface area contributed by atoms with Crippen molar-refractivity contribution in [1.29, 1.82) is 5.26 Å². The van der Waals surface area contributed by atoms with Gasteiger partial charge in [0.1, 0.15) is 0 Å². The zero-order valence-corrected chi connectivity index (χ0v) is 16.6. The monoisotopic (exact) mass is 409 g/mol. The van der Waals surface area contributed by atoms with E-state index in [1.807, 2.05) is 41.9 Å². The largest absolute Gasteiger partial charge is 0.313 e. The summed E-state index contributed by atoms with van der Waals surface area (Å²) in [6, 6.07) is 13.2. The van der Waals surface area contributed by atoms with Crippen molar-refractivity contribution in [2.75, 3.05) is 5.32 Å². The Labute approximate surface area is 170 Å². The molecule has 140 valence electrons. The predicted octanol–water partition coefficient (Wildman–Crippen LogP) is 5.46. The van der Waals surface area contributed by atoms with Crippen LogP contribution in [-0.2, 0) is 7.05 Å². The molecule has 4 aromatic rings. The number of anilines is 2. The number of halogens is 1. The summed E-state index contributed by atoms with van der Waals surface area (Å²) in [4.78, 5) is 21.5. The SMILES string of the molecule is Cn1c(Nc2nc3ccc(Cl)cc3s2)nc2cc(C(=O)CCCC#N)ccc21. The third-order valence-corrected chi connectivity index (χ3v) is 5.63. The van der Waals surface area contributed by atoms with Crippen LogP contribution in [0.4, 0.5) is 11.1 Å². The van der Waals surface area contributed by atoms with Crippen LogP contribution in [0.15, 0.2) is 36.4 Å². The molecule has 0 aliphatic rings. The summed E-state index contributed by atoms with van der Waals surface area (Å²) >= 11 is 7.55. The number of fused-ring (bicyclic) bond motifs is 2. The van der Waals surface area contributed by atoms with Gasteiger partial charge in [0.05, 0.1) is 27.3 Å². The summed E-state index contributed by atoms with van der Waals surface area (Å²) in [5.74, 6) is 0.676. The highest BCUT2D eigenvalue weighted by Gasteiger charge is 2.13. The second-order valence-corrected chi connectivity index (χ2v) is 7.86. The second-order valence-electron chi connectivity index (χ2n) is 6.39. The Morgan fingerprint density at radius 2 is 2.11 bits per heavy atom. The van der Waals surface area contributed by atoms with Gasteiger partial charge in [-0.05, 0) is 42.8 Å². The van der Waals surface area contributed by atoms with Gasteiger partial charge in [-0.25, -0.2) is 9.97 Å². The molecule has 0 radical (unpaired) electrons. The van der Waals surface area contributed by atoms with Gasteiger partial charge in [-0.2, -0.15) is 5.26 Å². The highest BCUT2D eigenvalue weighted by molar-refractivity contribution is 7.22. The number of Topliss-reactive ketones (excluding diaryl/α,β-unsaturated/α-hetero) is 1. The Balaban J connectivity index is 1.61. The molecule has 0 aliphatic heterocycles. The molecule has 0 saturated carbocycles. The minimum absolute atomic E-state index is 0.0281. The van der Waals surface area contributed by atoms with Gasteiger partial charge < -0.3 is 9.88 Å². The summed E-state index contributed by atoms with van der Waals surface area (Å²) < 4.78 is 2.93. The Kier molecular flexibility index (Phi) is 4.99. The van der Waals surface area contributed by atoms with Crippen molar-refractivity contribution >= 4 is 61.1 Å². The molecule has 0 atom stereocenters. The molecule has 28 heavy (non-hydrogen) atoms. The van der Waals surface area contributed by atoms with Gasteiger partial charge in [0, 0.05) is 30.5 Å². The van der Waals surface area contributed by atoms with E-state index in [0.717, 1.165) is 26.4 Å². The molecule has 2 heterocycles. The smallest absolute Gasteiger partial charge is 0.209 e. The van der Waals surface area contributed by atoms with Crippen molar-refractivity contribution in [3.8, 4) is 6.07 Å². The molecular formula is C20H16ClN5OS. The molecule has 0 fully saturated rings. The average Bonchev–Trinajstić information content (AvgIpc) is 3.21. The van der Waals surface area contributed by atoms with Crippen LogP contribution in [-0.4, -0.2) is 20.3 Å². The minimum atomic E-state index is 0.0281. The van der Waals surface area contributed by atoms with Gasteiger partial charge in [0.2, 0.25) is 5.95 Å². The molecule has 2 aromatic heterocycles. The van der Waals surface area contributed by atoms with Crippen LogP contribution in [0.3, 0.4) is 0 Å². The summed E-state index contributed by atoms with van der Waals surface area (Å²) in [7, 11) is 1.91. The fourth-order valence-corrected chi connectivity index (χ4v) is 4.14. The Hall–Kier alpha value is -2.95. The molecule has 4 rings (SSSR count). The van der Waals surface area contributed by atoms with E-state index in [-0.39, 0.29) is 5.78 Å². The highest BCUT2D eigenvalue weighted by atomic mass is 35.5. The zero-order chi connectivity index (χ0) is 19.7. The van der Waals surface area contributed by atoms with E-state index in [1.165, 1.54) is 11.3 Å². The number of aryl methyl sites for hydroxylation is 1. The second kappa shape index (κ2) is 7.58. The first-order valence-corrected chi connectivity index (χ1v) is 9.94. The number of hydrogen-bond acceptors (Lipinski definition) is 6. The number of nitrogens with zero attached hydrogens (tertiary/aromatic N) is 4. The van der Waals surface area contributed by atoms with Crippen LogP contribution in [0.2, 0.25) is 5.02 Å². The molecule has 0 amide bonds. The van der Waals surface area contributed by atoms with E-state index in [9.17, 15) is 4.79 Å². The van der Waals surface area contributed by atoms with Crippen molar-refractivity contribution < 1.29 is 4.79 Å². The van der Waals surface area contributed by atoms with E-state index in [0.29, 0.717) is 35.8 Å². The fourth-order valence-electron chi connectivity index (χ4n) is 3.00. The van der Waals surface area contributed by atoms with Crippen LogP contribution in [0, 0.1) is 11.3 Å². The molecule has 0 saturated heterocycles. The quantitative estimate of drug-likeness (QED) is 0.338. The van der Waals surface area contributed by atoms with E-state index in [4.69, 9.17) is 16.9 Å². The Bertz CT molecular complexity index is 1240. The predicted molar refractivity (Wildman–Crippen MR) is 112 cm³/mol. The first kappa shape index (κ1) is 18.4. The Morgan fingerprint density at radius 1 is 1.25 bits per heavy atom. The number of thiazole rings is 1. The number of carbonyl (C=O) groups excluding carboxylic acids is 1. The maximum absolute atomic E-state index is 12.3. The number of rotatable bonds is 6. The van der Waals surface area contributed by atoms with Crippen molar-refractivity contribution in [3.05, 3.63) is 47.0 Å². The van der Waals surface area contributed by atoms with Crippen molar-refractivity contribution in [3.63, 3.8) is 0 Å². The average molecular weight is 410 g/mol. The standard InChI is InChI=1S/C20H16ClN5OS/c1-26-16-8-5-12(17(27)4-2-3-9-22)10-15(16)23-19(26)25-20-24-14-7-6-13(21)11-18(14)28-20/h5-8,10-11H,2-4H2,1H3,(H,23,24,25). The van der Waals surface area contributed by atoms with Crippen LogP contribution in [0.1, 0.15) is 29.6 Å². The zero-order valence-electron chi connectivity index (χ0n) is 15.1. The summed E-state index contributed by atoms with van der Waals surface area (Å²) in [5.41, 5.74) is 3.14. The first-order valence-electron chi connectivity index (χ1n) is 8.75. The number of benzene rings is 2. The Morgan fingerprint density at radius 3 is 2.93 bits per heavy atom. The molecule has 0 unspecified atom stereocenters. The highest BCUT2D eigenvalue weighted by Crippen LogP contribution is 2.31. The van der Waals surface area contributed by atoms with E-state index < -0.39 is 0 Å². The van der Waals surface area contributed by atoms with Crippen LogP contribution < -0.4 is 5.32 Å². The topological polar surface area (TPSA) is 83.6 Å². The number of hydrogen-bond donors (Lipinski definition) is 1. The van der Waals surface area contributed by atoms with Gasteiger partial charge in [-0.1, -0.05) is 22.9 Å². The maximum Gasteiger partial charge on any atom is 0.209 e. The normalized spacial score (nSPS) is 11.0. The minimum Gasteiger partial charge on any atom is -0.313 e. The van der Waals surface area contributed by atoms with Crippen LogP contribution in [0.5, 0.6) is 0 Å². The lowest BCUT2D eigenvalue weighted by molar-refractivity contribution is 0.0980. The third-order valence-electron chi connectivity index (χ3n) is 4.46. The van der Waals surface area contributed by atoms with Gasteiger partial charge in [-0.3, -0.25) is 4.79 Å². The molecule has 0 bridgehead atoms. The summed E-state index contributed by atoms with van der Waals surface area (Å²) in [6.07, 6.45) is 1.33. The third kappa shape index (κ3) is 3.57. The van der Waals surface area contributed by atoms with Gasteiger partial charge >= 0.3 is 0 Å². The lowest BCUT2D eigenvalue weighted by atomic mass is 10.1. The molecule has 0 aliphatic carbocycles. The summed E-state index contributed by atoms with van der Waals surface area (Å²) in [6.45, 7) is 0. The van der Waals surface area contributed by atoms with Crippen molar-refractivity contribution in [2.24, 2.45) is 7.05 Å². The van der Waals surface area contributed by atoms with Gasteiger partial charge in [0.15, 0.2) is 10.9 Å². The molecular weight excluding hydrogens is 394 g/mol. The van der Waals surface area contributed by atoms with E-state index in [1.54, 1.807) is 6.07 Å². The number of ketones is 1. The lowest BCUT2D eigenvalue weighted by Crippen LogP contribution is -1.99.